The van der Waals surface area contributed by atoms with Gasteiger partial charge < -0.3 is 5.32 Å². The normalized spacial score (nSPS) is 18.2. The second kappa shape index (κ2) is 9.28. The first-order chi connectivity index (χ1) is 13.5. The zero-order chi connectivity index (χ0) is 20.1. The van der Waals surface area contributed by atoms with Crippen LogP contribution in [0.15, 0.2) is 66.2 Å². The van der Waals surface area contributed by atoms with E-state index in [0.29, 0.717) is 33.1 Å². The molecule has 1 aliphatic rings. The Balaban J connectivity index is 1.81. The molecule has 1 fully saturated rings. The van der Waals surface area contributed by atoms with Crippen molar-refractivity contribution in [1.29, 1.82) is 0 Å². The number of aliphatic imine (C=N–C) groups is 1. The van der Waals surface area contributed by atoms with Gasteiger partial charge in [-0.2, -0.15) is 0 Å². The molecule has 0 spiro atoms. The molecule has 0 bridgehead atoms. The van der Waals surface area contributed by atoms with Crippen LogP contribution in [0.4, 0.5) is 11.4 Å². The van der Waals surface area contributed by atoms with Crippen molar-refractivity contribution in [3.05, 3.63) is 71.2 Å². The van der Waals surface area contributed by atoms with E-state index in [1.54, 1.807) is 54.6 Å². The summed E-state index contributed by atoms with van der Waals surface area (Å²) in [5, 5.41) is 3.86. The van der Waals surface area contributed by atoms with Gasteiger partial charge in [-0.1, -0.05) is 41.0 Å². The van der Waals surface area contributed by atoms with Gasteiger partial charge in [-0.25, -0.2) is 4.99 Å². The maximum Gasteiger partial charge on any atom is 0.238 e. The number of benzene rings is 2. The van der Waals surface area contributed by atoms with Gasteiger partial charge in [0.05, 0.1) is 5.69 Å². The van der Waals surface area contributed by atoms with Gasteiger partial charge >= 0.3 is 0 Å². The minimum atomic E-state index is -0.588. The number of anilines is 1. The lowest BCUT2D eigenvalue weighted by Gasteiger charge is -2.31. The fourth-order valence-electron chi connectivity index (χ4n) is 2.53. The molecule has 28 heavy (non-hydrogen) atoms. The Morgan fingerprint density at radius 1 is 1.18 bits per heavy atom. The van der Waals surface area contributed by atoms with Gasteiger partial charge in [-0.3, -0.25) is 14.5 Å². The van der Waals surface area contributed by atoms with E-state index in [0.717, 1.165) is 0 Å². The quantitative estimate of drug-likeness (QED) is 0.663. The first-order valence-corrected chi connectivity index (χ1v) is 10.1. The number of hydrogen-bond donors (Lipinski definition) is 1. The minimum absolute atomic E-state index is 0.0809. The molecule has 1 N–H and O–H groups in total. The van der Waals surface area contributed by atoms with Crippen LogP contribution in [0.5, 0.6) is 0 Å². The predicted octanol–water partition coefficient (Wildman–Crippen LogP) is 5.14. The largest absolute Gasteiger partial charge is 0.325 e. The van der Waals surface area contributed by atoms with Crippen molar-refractivity contribution in [2.75, 3.05) is 11.9 Å². The van der Waals surface area contributed by atoms with Gasteiger partial charge in [-0.05, 0) is 48.5 Å². The van der Waals surface area contributed by atoms with Gasteiger partial charge in [0.1, 0.15) is 5.25 Å². The molecule has 144 valence electrons. The molecule has 3 rings (SSSR count). The highest BCUT2D eigenvalue weighted by molar-refractivity contribution is 8.15. The molecule has 2 aromatic rings. The van der Waals surface area contributed by atoms with E-state index in [9.17, 15) is 9.59 Å². The summed E-state index contributed by atoms with van der Waals surface area (Å²) in [5.41, 5.74) is 1.26. The zero-order valence-electron chi connectivity index (χ0n) is 14.8. The maximum absolute atomic E-state index is 12.7. The van der Waals surface area contributed by atoms with Gasteiger partial charge in [0, 0.05) is 28.7 Å². The molecular weight excluding hydrogens is 417 g/mol. The van der Waals surface area contributed by atoms with E-state index in [-0.39, 0.29) is 18.2 Å². The molecule has 2 amide bonds. The van der Waals surface area contributed by atoms with E-state index < -0.39 is 5.25 Å². The zero-order valence-corrected chi connectivity index (χ0v) is 17.1. The third-order valence-electron chi connectivity index (χ3n) is 3.91. The van der Waals surface area contributed by atoms with Crippen molar-refractivity contribution in [1.82, 2.24) is 4.90 Å². The van der Waals surface area contributed by atoms with E-state index in [2.05, 4.69) is 16.9 Å². The fourth-order valence-corrected chi connectivity index (χ4v) is 3.89. The van der Waals surface area contributed by atoms with Crippen LogP contribution in [0.3, 0.4) is 0 Å². The number of amidine groups is 1. The van der Waals surface area contributed by atoms with E-state index in [4.69, 9.17) is 23.2 Å². The summed E-state index contributed by atoms with van der Waals surface area (Å²) in [7, 11) is 0. The van der Waals surface area contributed by atoms with Gasteiger partial charge in [0.2, 0.25) is 11.8 Å². The molecule has 0 aliphatic carbocycles. The van der Waals surface area contributed by atoms with Crippen LogP contribution in [0.1, 0.15) is 6.42 Å². The molecule has 2 aromatic carbocycles. The minimum Gasteiger partial charge on any atom is -0.325 e. The van der Waals surface area contributed by atoms with Crippen LogP contribution in [0.25, 0.3) is 0 Å². The number of thioether (sulfide) groups is 1. The summed E-state index contributed by atoms with van der Waals surface area (Å²) in [6, 6.07) is 13.8. The van der Waals surface area contributed by atoms with Crippen LogP contribution in [-0.4, -0.2) is 33.7 Å². The molecule has 1 heterocycles. The van der Waals surface area contributed by atoms with Crippen LogP contribution in [-0.2, 0) is 9.59 Å². The molecule has 8 heteroatoms. The highest BCUT2D eigenvalue weighted by atomic mass is 35.5. The number of nitrogens with one attached hydrogen (secondary N) is 1. The van der Waals surface area contributed by atoms with Crippen molar-refractivity contribution in [3.8, 4) is 0 Å². The van der Waals surface area contributed by atoms with Crippen LogP contribution < -0.4 is 5.32 Å². The van der Waals surface area contributed by atoms with Crippen molar-refractivity contribution in [2.24, 2.45) is 4.99 Å². The van der Waals surface area contributed by atoms with E-state index in [1.165, 1.54) is 16.7 Å². The Morgan fingerprint density at radius 2 is 1.79 bits per heavy atom. The molecule has 0 aromatic heterocycles. The number of amides is 2. The molecule has 1 unspecified atom stereocenters. The van der Waals surface area contributed by atoms with Gasteiger partial charge in [0.15, 0.2) is 5.17 Å². The Hall–Kier alpha value is -2.28. The van der Waals surface area contributed by atoms with Crippen LogP contribution >= 0.6 is 35.0 Å². The number of carbonyl (C=O) groups excluding carboxylic acids is 2. The standard InChI is InChI=1S/C20H17Cl2N3O2S/c1-2-11-25-18(26)12-17(19(27)23-15-7-3-13(21)4-8-15)28-20(25)24-16-9-5-14(22)6-10-16/h2-10,17H,1,11-12H2,(H,23,27). The highest BCUT2D eigenvalue weighted by Crippen LogP contribution is 2.30. The topological polar surface area (TPSA) is 61.8 Å². The molecule has 0 radical (unpaired) electrons. The monoisotopic (exact) mass is 433 g/mol. The maximum atomic E-state index is 12.7. The highest BCUT2D eigenvalue weighted by Gasteiger charge is 2.35. The molecular formula is C20H17Cl2N3O2S. The Kier molecular flexibility index (Phi) is 6.78. The lowest BCUT2D eigenvalue weighted by atomic mass is 10.2. The van der Waals surface area contributed by atoms with Gasteiger partial charge in [0.25, 0.3) is 0 Å². The molecule has 0 saturated carbocycles. The van der Waals surface area contributed by atoms with Crippen molar-refractivity contribution >= 4 is 63.3 Å². The lowest BCUT2D eigenvalue weighted by Crippen LogP contribution is -2.45. The predicted molar refractivity (Wildman–Crippen MR) is 117 cm³/mol. The van der Waals surface area contributed by atoms with Crippen molar-refractivity contribution in [3.63, 3.8) is 0 Å². The number of carbonyl (C=O) groups is 2. The summed E-state index contributed by atoms with van der Waals surface area (Å²) < 4.78 is 0. The summed E-state index contributed by atoms with van der Waals surface area (Å²) in [5.74, 6) is -0.439. The summed E-state index contributed by atoms with van der Waals surface area (Å²) >= 11 is 13.0. The fraction of sp³-hybridized carbons (Fsp3) is 0.150. The Bertz CT molecular complexity index is 914. The summed E-state index contributed by atoms with van der Waals surface area (Å²) in [6.07, 6.45) is 1.71. The molecule has 5 nitrogen and oxygen atoms in total. The smallest absolute Gasteiger partial charge is 0.238 e. The number of nitrogens with zero attached hydrogens (tertiary/aromatic N) is 2. The average Bonchev–Trinajstić information content (AvgIpc) is 2.68. The van der Waals surface area contributed by atoms with Crippen LogP contribution in [0, 0.1) is 0 Å². The Labute approximate surface area is 177 Å². The third kappa shape index (κ3) is 5.16. The number of hydrogen-bond acceptors (Lipinski definition) is 4. The van der Waals surface area contributed by atoms with Crippen molar-refractivity contribution in [2.45, 2.75) is 11.7 Å². The molecule has 1 aliphatic heterocycles. The molecule has 1 atom stereocenters. The molecule has 1 saturated heterocycles. The first kappa shape index (κ1) is 20.5. The first-order valence-electron chi connectivity index (χ1n) is 8.45. The second-order valence-electron chi connectivity index (χ2n) is 5.97. The SMILES string of the molecule is C=CCN1C(=O)CC(C(=O)Nc2ccc(Cl)cc2)SC1=Nc1ccc(Cl)cc1. The average molecular weight is 434 g/mol. The summed E-state index contributed by atoms with van der Waals surface area (Å²) in [6.45, 7) is 4.02. The van der Waals surface area contributed by atoms with Gasteiger partial charge in [-0.15, -0.1) is 6.58 Å². The van der Waals surface area contributed by atoms with Crippen LogP contribution in [0.2, 0.25) is 10.0 Å². The number of halogens is 2. The van der Waals surface area contributed by atoms with E-state index in [1.807, 2.05) is 0 Å². The second-order valence-corrected chi connectivity index (χ2v) is 8.01. The lowest BCUT2D eigenvalue weighted by molar-refractivity contribution is -0.129. The van der Waals surface area contributed by atoms with Crippen molar-refractivity contribution < 1.29 is 9.59 Å². The van der Waals surface area contributed by atoms with E-state index >= 15 is 0 Å². The Morgan fingerprint density at radius 3 is 2.39 bits per heavy atom. The number of rotatable bonds is 5. The summed E-state index contributed by atoms with van der Waals surface area (Å²) in [4.78, 5) is 31.4. The third-order valence-corrected chi connectivity index (χ3v) is 5.60.